The van der Waals surface area contributed by atoms with Gasteiger partial charge in [-0.15, -0.1) is 0 Å². The number of benzene rings is 1. The lowest BCUT2D eigenvalue weighted by Gasteiger charge is -2.40. The van der Waals surface area contributed by atoms with Crippen molar-refractivity contribution in [3.05, 3.63) is 29.3 Å². The Balaban J connectivity index is 2.31. The van der Waals surface area contributed by atoms with Crippen LogP contribution in [0.15, 0.2) is 18.2 Å². The van der Waals surface area contributed by atoms with Crippen LogP contribution >= 0.6 is 0 Å². The van der Waals surface area contributed by atoms with Crippen molar-refractivity contribution in [1.82, 2.24) is 10.2 Å². The van der Waals surface area contributed by atoms with Gasteiger partial charge in [0.25, 0.3) is 0 Å². The van der Waals surface area contributed by atoms with E-state index in [9.17, 15) is 9.59 Å². The van der Waals surface area contributed by atoms with Gasteiger partial charge in [0, 0.05) is 18.7 Å². The number of piperazine rings is 1. The summed E-state index contributed by atoms with van der Waals surface area (Å²) < 4.78 is 5.36. The number of hydrogen-bond donors (Lipinski definition) is 2. The van der Waals surface area contributed by atoms with Gasteiger partial charge in [-0.3, -0.25) is 19.8 Å². The molecule has 2 amide bonds. The fourth-order valence-electron chi connectivity index (χ4n) is 2.38. The molecule has 1 aromatic carbocycles. The Labute approximate surface area is 124 Å². The SMILES string of the molecule is COc1ccc(CN)cc1CN1CC(=O)NC(=O)C1(C)C. The third-order valence-electron chi connectivity index (χ3n) is 3.88. The fourth-order valence-corrected chi connectivity index (χ4v) is 2.38. The zero-order valence-corrected chi connectivity index (χ0v) is 12.6. The minimum absolute atomic E-state index is 0.175. The number of methoxy groups -OCH3 is 1. The van der Waals surface area contributed by atoms with Crippen LogP contribution in [0.1, 0.15) is 25.0 Å². The normalized spacial score (nSPS) is 18.5. The summed E-state index contributed by atoms with van der Waals surface area (Å²) in [5.74, 6) is 0.155. The molecular formula is C15H21N3O3. The quantitative estimate of drug-likeness (QED) is 0.784. The maximum absolute atomic E-state index is 12.0. The summed E-state index contributed by atoms with van der Waals surface area (Å²) in [5, 5.41) is 2.37. The van der Waals surface area contributed by atoms with Crippen molar-refractivity contribution in [3.8, 4) is 5.75 Å². The van der Waals surface area contributed by atoms with Crippen LogP contribution in [0, 0.1) is 0 Å². The van der Waals surface area contributed by atoms with Crippen molar-refractivity contribution in [2.24, 2.45) is 5.73 Å². The highest BCUT2D eigenvalue weighted by atomic mass is 16.5. The van der Waals surface area contributed by atoms with Crippen molar-refractivity contribution >= 4 is 11.8 Å². The van der Waals surface area contributed by atoms with Gasteiger partial charge in [-0.2, -0.15) is 0 Å². The third-order valence-corrected chi connectivity index (χ3v) is 3.88. The lowest BCUT2D eigenvalue weighted by molar-refractivity contribution is -0.145. The van der Waals surface area contributed by atoms with Crippen molar-refractivity contribution in [1.29, 1.82) is 0 Å². The van der Waals surface area contributed by atoms with Gasteiger partial charge in [-0.25, -0.2) is 0 Å². The van der Waals surface area contributed by atoms with Gasteiger partial charge in [0.05, 0.1) is 19.2 Å². The number of nitrogens with one attached hydrogen (secondary N) is 1. The topological polar surface area (TPSA) is 84.7 Å². The van der Waals surface area contributed by atoms with Crippen LogP contribution in [0.5, 0.6) is 5.75 Å². The molecule has 0 atom stereocenters. The molecule has 1 heterocycles. The van der Waals surface area contributed by atoms with E-state index < -0.39 is 5.54 Å². The summed E-state index contributed by atoms with van der Waals surface area (Å²) in [7, 11) is 1.60. The second-order valence-electron chi connectivity index (χ2n) is 5.64. The maximum atomic E-state index is 12.0. The first kappa shape index (κ1) is 15.5. The van der Waals surface area contributed by atoms with Gasteiger partial charge in [-0.05, 0) is 31.5 Å². The molecule has 0 unspecified atom stereocenters. The van der Waals surface area contributed by atoms with E-state index in [1.165, 1.54) is 0 Å². The first-order valence-corrected chi connectivity index (χ1v) is 6.83. The van der Waals surface area contributed by atoms with Crippen LogP contribution in [0.25, 0.3) is 0 Å². The lowest BCUT2D eigenvalue weighted by Crippen LogP contribution is -2.63. The summed E-state index contributed by atoms with van der Waals surface area (Å²) in [5.41, 5.74) is 6.81. The molecular weight excluding hydrogens is 270 g/mol. The fraction of sp³-hybridized carbons (Fsp3) is 0.467. The molecule has 1 aliphatic rings. The molecule has 21 heavy (non-hydrogen) atoms. The average molecular weight is 291 g/mol. The number of hydrogen-bond acceptors (Lipinski definition) is 5. The molecule has 1 saturated heterocycles. The van der Waals surface area contributed by atoms with Crippen molar-refractivity contribution in [3.63, 3.8) is 0 Å². The van der Waals surface area contributed by atoms with Gasteiger partial charge >= 0.3 is 0 Å². The molecule has 114 valence electrons. The zero-order chi connectivity index (χ0) is 15.6. The highest BCUT2D eigenvalue weighted by Crippen LogP contribution is 2.26. The van der Waals surface area contributed by atoms with E-state index in [1.807, 2.05) is 23.1 Å². The minimum atomic E-state index is -0.752. The van der Waals surface area contributed by atoms with Crippen LogP contribution in [0.3, 0.4) is 0 Å². The maximum Gasteiger partial charge on any atom is 0.246 e. The molecule has 6 heteroatoms. The Morgan fingerprint density at radius 2 is 2.10 bits per heavy atom. The largest absolute Gasteiger partial charge is 0.496 e. The van der Waals surface area contributed by atoms with E-state index in [0.29, 0.717) is 13.1 Å². The van der Waals surface area contributed by atoms with Crippen LogP contribution in [0.4, 0.5) is 0 Å². The molecule has 3 N–H and O–H groups in total. The van der Waals surface area contributed by atoms with E-state index in [4.69, 9.17) is 10.5 Å². The summed E-state index contributed by atoms with van der Waals surface area (Å²) >= 11 is 0. The Bertz CT molecular complexity index is 569. The molecule has 2 rings (SSSR count). The second kappa shape index (κ2) is 5.83. The smallest absolute Gasteiger partial charge is 0.246 e. The number of imide groups is 1. The Hall–Kier alpha value is -1.92. The molecule has 1 fully saturated rings. The Morgan fingerprint density at radius 1 is 1.38 bits per heavy atom. The van der Waals surface area contributed by atoms with E-state index >= 15 is 0 Å². The summed E-state index contributed by atoms with van der Waals surface area (Å²) in [6, 6.07) is 5.71. The van der Waals surface area contributed by atoms with Crippen LogP contribution in [-0.4, -0.2) is 35.9 Å². The number of amides is 2. The number of rotatable bonds is 4. The monoisotopic (exact) mass is 291 g/mol. The Kier molecular flexibility index (Phi) is 4.29. The lowest BCUT2D eigenvalue weighted by atomic mass is 9.97. The standard InChI is InChI=1S/C15H21N3O3/c1-15(2)14(20)17-13(19)9-18(15)8-11-6-10(7-16)4-5-12(11)21-3/h4-6H,7-9,16H2,1-3H3,(H,17,19,20). The van der Waals surface area contributed by atoms with Gasteiger partial charge in [0.1, 0.15) is 5.75 Å². The predicted molar refractivity (Wildman–Crippen MR) is 78.5 cm³/mol. The van der Waals surface area contributed by atoms with Crippen LogP contribution < -0.4 is 15.8 Å². The number of carbonyl (C=O) groups excluding carboxylic acids is 2. The summed E-state index contributed by atoms with van der Waals surface area (Å²) in [6.45, 7) is 4.65. The second-order valence-corrected chi connectivity index (χ2v) is 5.64. The van der Waals surface area contributed by atoms with E-state index in [-0.39, 0.29) is 18.4 Å². The van der Waals surface area contributed by atoms with Crippen molar-refractivity contribution < 1.29 is 14.3 Å². The predicted octanol–water partition coefficient (Wildman–Crippen LogP) is 0.391. The van der Waals surface area contributed by atoms with Gasteiger partial charge < -0.3 is 10.5 Å². The number of nitrogens with zero attached hydrogens (tertiary/aromatic N) is 1. The van der Waals surface area contributed by atoms with E-state index in [2.05, 4.69) is 5.32 Å². The van der Waals surface area contributed by atoms with Gasteiger partial charge in [0.15, 0.2) is 0 Å². The van der Waals surface area contributed by atoms with Crippen LogP contribution in [0.2, 0.25) is 0 Å². The molecule has 0 spiro atoms. The number of ether oxygens (including phenoxy) is 1. The summed E-state index contributed by atoms with van der Waals surface area (Å²) in [6.07, 6.45) is 0. The molecule has 0 saturated carbocycles. The summed E-state index contributed by atoms with van der Waals surface area (Å²) in [4.78, 5) is 25.4. The first-order chi connectivity index (χ1) is 9.88. The van der Waals surface area contributed by atoms with E-state index in [0.717, 1.165) is 16.9 Å². The highest BCUT2D eigenvalue weighted by Gasteiger charge is 2.40. The number of nitrogens with two attached hydrogens (primary N) is 1. The third kappa shape index (κ3) is 3.06. The molecule has 1 aliphatic heterocycles. The van der Waals surface area contributed by atoms with Gasteiger partial charge in [-0.1, -0.05) is 6.07 Å². The van der Waals surface area contributed by atoms with E-state index in [1.54, 1.807) is 21.0 Å². The van der Waals surface area contributed by atoms with Crippen molar-refractivity contribution in [2.75, 3.05) is 13.7 Å². The molecule has 0 aromatic heterocycles. The average Bonchev–Trinajstić information content (AvgIpc) is 2.44. The molecule has 6 nitrogen and oxygen atoms in total. The zero-order valence-electron chi connectivity index (χ0n) is 12.6. The highest BCUT2D eigenvalue weighted by molar-refractivity contribution is 6.02. The molecule has 1 aromatic rings. The minimum Gasteiger partial charge on any atom is -0.496 e. The Morgan fingerprint density at radius 3 is 2.71 bits per heavy atom. The van der Waals surface area contributed by atoms with Gasteiger partial charge in [0.2, 0.25) is 11.8 Å². The first-order valence-electron chi connectivity index (χ1n) is 6.83. The number of carbonyl (C=O) groups is 2. The van der Waals surface area contributed by atoms with Crippen LogP contribution in [-0.2, 0) is 22.7 Å². The van der Waals surface area contributed by atoms with Crippen molar-refractivity contribution in [2.45, 2.75) is 32.5 Å². The molecule has 0 bridgehead atoms. The molecule has 0 radical (unpaired) electrons. The molecule has 0 aliphatic carbocycles.